The number of benzene rings is 1. The molecule has 2 aromatic rings. The summed E-state index contributed by atoms with van der Waals surface area (Å²) in [4.78, 5) is 3.98. The van der Waals surface area contributed by atoms with Crippen molar-refractivity contribution in [3.63, 3.8) is 0 Å². The first-order valence-corrected chi connectivity index (χ1v) is 7.24. The molecule has 1 aromatic heterocycles. The van der Waals surface area contributed by atoms with Gasteiger partial charge in [-0.15, -0.1) is 0 Å². The van der Waals surface area contributed by atoms with Crippen LogP contribution in [0.2, 0.25) is 0 Å². The van der Waals surface area contributed by atoms with Crippen molar-refractivity contribution in [3.05, 3.63) is 23.8 Å². The number of rotatable bonds is 7. The second-order valence-corrected chi connectivity index (χ2v) is 5.14. The van der Waals surface area contributed by atoms with E-state index in [1.54, 1.807) is 4.57 Å². The molecule has 0 radical (unpaired) electrons. The zero-order chi connectivity index (χ0) is 14.5. The van der Waals surface area contributed by atoms with Gasteiger partial charge in [0.15, 0.2) is 5.82 Å². The van der Waals surface area contributed by atoms with Crippen LogP contribution >= 0.6 is 0 Å². The van der Waals surface area contributed by atoms with Crippen LogP contribution in [0.5, 0.6) is 0 Å². The van der Waals surface area contributed by atoms with Gasteiger partial charge in [-0.1, -0.05) is 39.0 Å². The van der Waals surface area contributed by atoms with Crippen molar-refractivity contribution in [1.82, 2.24) is 9.55 Å². The van der Waals surface area contributed by atoms with Crippen LogP contribution in [0.4, 0.5) is 14.7 Å². The predicted molar refractivity (Wildman–Crippen MR) is 77.4 cm³/mol. The summed E-state index contributed by atoms with van der Waals surface area (Å²) < 4.78 is 28.6. The Morgan fingerprint density at radius 2 is 1.80 bits per heavy atom. The van der Waals surface area contributed by atoms with Gasteiger partial charge >= 0.3 is 0 Å². The molecule has 0 saturated carbocycles. The summed E-state index contributed by atoms with van der Waals surface area (Å²) in [5.41, 5.74) is 6.38. The van der Waals surface area contributed by atoms with E-state index in [4.69, 9.17) is 5.73 Å². The normalized spacial score (nSPS) is 11.3. The summed E-state index contributed by atoms with van der Waals surface area (Å²) >= 11 is 0. The van der Waals surface area contributed by atoms with Crippen LogP contribution in [0.3, 0.4) is 0 Å². The number of hydrogen-bond acceptors (Lipinski definition) is 2. The summed E-state index contributed by atoms with van der Waals surface area (Å²) in [6.07, 6.45) is 6.93. The molecule has 0 saturated heterocycles. The van der Waals surface area contributed by atoms with Gasteiger partial charge in [0.25, 0.3) is 0 Å². The standard InChI is InChI=1S/C15H21F2N3/c1-2-3-4-5-6-7-8-20-13-10-11(16)9-12(17)14(13)19-15(20)18/h9-10H,2-8H2,1H3,(H2,18,19). The van der Waals surface area contributed by atoms with Crippen LogP contribution in [0.25, 0.3) is 11.0 Å². The number of halogens is 2. The molecule has 110 valence electrons. The summed E-state index contributed by atoms with van der Waals surface area (Å²) in [5, 5.41) is 0. The zero-order valence-electron chi connectivity index (χ0n) is 11.8. The minimum atomic E-state index is -0.659. The fraction of sp³-hybridized carbons (Fsp3) is 0.533. The van der Waals surface area contributed by atoms with Crippen molar-refractivity contribution in [2.45, 2.75) is 52.0 Å². The molecule has 0 atom stereocenters. The fourth-order valence-electron chi connectivity index (χ4n) is 2.45. The molecule has 0 aliphatic rings. The van der Waals surface area contributed by atoms with Gasteiger partial charge in [0.1, 0.15) is 11.3 Å². The third-order valence-electron chi connectivity index (χ3n) is 3.54. The number of imidazole rings is 1. The molecule has 1 heterocycles. The molecular weight excluding hydrogens is 260 g/mol. The lowest BCUT2D eigenvalue weighted by Crippen LogP contribution is -2.03. The van der Waals surface area contributed by atoms with E-state index in [0.29, 0.717) is 12.1 Å². The molecule has 0 bridgehead atoms. The number of nitrogens with zero attached hydrogens (tertiary/aromatic N) is 2. The Hall–Kier alpha value is -1.65. The third kappa shape index (κ3) is 3.26. The Balaban J connectivity index is 2.04. The van der Waals surface area contributed by atoms with Crippen molar-refractivity contribution in [3.8, 4) is 0 Å². The molecule has 0 aliphatic heterocycles. The minimum Gasteiger partial charge on any atom is -0.369 e. The molecule has 3 nitrogen and oxygen atoms in total. The molecular formula is C15H21F2N3. The summed E-state index contributed by atoms with van der Waals surface area (Å²) in [6.45, 7) is 2.83. The van der Waals surface area contributed by atoms with Crippen LogP contribution in [0.15, 0.2) is 12.1 Å². The van der Waals surface area contributed by atoms with Gasteiger partial charge in [-0.05, 0) is 6.42 Å². The van der Waals surface area contributed by atoms with Crippen LogP contribution < -0.4 is 5.73 Å². The fourth-order valence-corrected chi connectivity index (χ4v) is 2.45. The lowest BCUT2D eigenvalue weighted by molar-refractivity contribution is 0.565. The first-order valence-electron chi connectivity index (χ1n) is 7.24. The van der Waals surface area contributed by atoms with E-state index in [1.807, 2.05) is 0 Å². The number of anilines is 1. The highest BCUT2D eigenvalue weighted by Crippen LogP contribution is 2.23. The maximum atomic E-state index is 13.6. The molecule has 0 amide bonds. The van der Waals surface area contributed by atoms with Crippen LogP contribution in [-0.4, -0.2) is 9.55 Å². The topological polar surface area (TPSA) is 43.8 Å². The third-order valence-corrected chi connectivity index (χ3v) is 3.54. The van der Waals surface area contributed by atoms with E-state index in [-0.39, 0.29) is 11.5 Å². The average molecular weight is 281 g/mol. The molecule has 0 unspecified atom stereocenters. The number of aromatic nitrogens is 2. The largest absolute Gasteiger partial charge is 0.369 e. The molecule has 2 rings (SSSR count). The number of aryl methyl sites for hydroxylation is 1. The van der Waals surface area contributed by atoms with Crippen LogP contribution in [0, 0.1) is 11.6 Å². The van der Waals surface area contributed by atoms with Crippen LogP contribution in [-0.2, 0) is 6.54 Å². The lowest BCUT2D eigenvalue weighted by atomic mass is 10.1. The van der Waals surface area contributed by atoms with E-state index < -0.39 is 11.6 Å². The molecule has 5 heteroatoms. The highest BCUT2D eigenvalue weighted by molar-refractivity contribution is 5.79. The Labute approximate surface area is 117 Å². The van der Waals surface area contributed by atoms with Gasteiger partial charge in [0.05, 0.1) is 5.52 Å². The van der Waals surface area contributed by atoms with Gasteiger partial charge in [0.2, 0.25) is 5.95 Å². The summed E-state index contributed by atoms with van der Waals surface area (Å²) in [5.74, 6) is -1.01. The van der Waals surface area contributed by atoms with Gasteiger partial charge < -0.3 is 10.3 Å². The highest BCUT2D eigenvalue weighted by Gasteiger charge is 2.13. The van der Waals surface area contributed by atoms with E-state index in [1.165, 1.54) is 31.7 Å². The van der Waals surface area contributed by atoms with Crippen molar-refractivity contribution in [2.75, 3.05) is 5.73 Å². The number of hydrogen-bond donors (Lipinski definition) is 1. The van der Waals surface area contributed by atoms with E-state index >= 15 is 0 Å². The molecule has 0 spiro atoms. The molecule has 20 heavy (non-hydrogen) atoms. The maximum absolute atomic E-state index is 13.6. The Kier molecular flexibility index (Phi) is 4.93. The average Bonchev–Trinajstić information content (AvgIpc) is 2.71. The van der Waals surface area contributed by atoms with E-state index in [2.05, 4.69) is 11.9 Å². The second kappa shape index (κ2) is 6.68. The summed E-state index contributed by atoms with van der Waals surface area (Å²) in [6, 6.07) is 2.13. The monoisotopic (exact) mass is 281 g/mol. The first-order chi connectivity index (χ1) is 9.63. The number of unbranched alkanes of at least 4 members (excludes halogenated alkanes) is 5. The SMILES string of the molecule is CCCCCCCCn1c(N)nc2c(F)cc(F)cc21. The van der Waals surface area contributed by atoms with E-state index in [9.17, 15) is 8.78 Å². The van der Waals surface area contributed by atoms with Gasteiger partial charge in [-0.2, -0.15) is 0 Å². The van der Waals surface area contributed by atoms with Crippen molar-refractivity contribution >= 4 is 17.0 Å². The molecule has 0 aliphatic carbocycles. The minimum absolute atomic E-state index is 0.148. The quantitative estimate of drug-likeness (QED) is 0.771. The number of nitrogen functional groups attached to an aromatic ring is 1. The second-order valence-electron chi connectivity index (χ2n) is 5.14. The maximum Gasteiger partial charge on any atom is 0.201 e. The van der Waals surface area contributed by atoms with Crippen LogP contribution in [0.1, 0.15) is 45.4 Å². The molecule has 0 fully saturated rings. The molecule has 2 N–H and O–H groups in total. The lowest BCUT2D eigenvalue weighted by Gasteiger charge is -2.06. The Bertz CT molecular complexity index is 578. The highest BCUT2D eigenvalue weighted by atomic mass is 19.1. The van der Waals surface area contributed by atoms with Gasteiger partial charge in [-0.3, -0.25) is 0 Å². The predicted octanol–water partition coefficient (Wildman–Crippen LogP) is 4.26. The molecule has 1 aromatic carbocycles. The van der Waals surface area contributed by atoms with Crippen molar-refractivity contribution in [1.29, 1.82) is 0 Å². The summed E-state index contributed by atoms with van der Waals surface area (Å²) in [7, 11) is 0. The Morgan fingerprint density at radius 3 is 2.55 bits per heavy atom. The Morgan fingerprint density at radius 1 is 1.10 bits per heavy atom. The van der Waals surface area contributed by atoms with Gasteiger partial charge in [0, 0.05) is 18.7 Å². The number of nitrogens with two attached hydrogens (primary N) is 1. The van der Waals surface area contributed by atoms with Crippen molar-refractivity contribution in [2.24, 2.45) is 0 Å². The first kappa shape index (κ1) is 14.8. The smallest absolute Gasteiger partial charge is 0.201 e. The zero-order valence-corrected chi connectivity index (χ0v) is 11.8. The van der Waals surface area contributed by atoms with E-state index in [0.717, 1.165) is 18.9 Å². The number of fused-ring (bicyclic) bond motifs is 1. The van der Waals surface area contributed by atoms with Gasteiger partial charge in [-0.25, -0.2) is 13.8 Å². The van der Waals surface area contributed by atoms with Crippen molar-refractivity contribution < 1.29 is 8.78 Å².